The van der Waals surface area contributed by atoms with Crippen molar-refractivity contribution < 1.29 is 4.79 Å². The second-order valence-electron chi connectivity index (χ2n) is 5.05. The minimum Gasteiger partial charge on any atom is -0.398 e. The summed E-state index contributed by atoms with van der Waals surface area (Å²) >= 11 is 0. The molecular weight excluding hydrogens is 254 g/mol. The summed E-state index contributed by atoms with van der Waals surface area (Å²) in [5.74, 6) is 0.0457. The quantitative estimate of drug-likeness (QED) is 0.827. The Labute approximate surface area is 117 Å². The van der Waals surface area contributed by atoms with Crippen LogP contribution in [0.25, 0.3) is 0 Å². The average molecular weight is 271 g/mol. The first-order valence-corrected chi connectivity index (χ1v) is 6.66. The lowest BCUT2D eigenvalue weighted by atomic mass is 9.98. The zero-order chi connectivity index (χ0) is 14.1. The van der Waals surface area contributed by atoms with Gasteiger partial charge in [-0.25, -0.2) is 9.67 Å². The lowest BCUT2D eigenvalue weighted by Gasteiger charge is -2.31. The van der Waals surface area contributed by atoms with E-state index in [4.69, 9.17) is 5.73 Å². The van der Waals surface area contributed by atoms with Gasteiger partial charge in [-0.3, -0.25) is 4.79 Å². The monoisotopic (exact) mass is 271 g/mol. The van der Waals surface area contributed by atoms with Gasteiger partial charge in [0.2, 0.25) is 5.91 Å². The standard InChI is InChI=1S/C14H17N5O/c1-10(19-9-16-8-17-19)14(20)18-6-5-11-3-2-4-13(15)12(11)7-18/h2-4,8-10H,5-7,15H2,1H3. The third kappa shape index (κ3) is 2.13. The lowest BCUT2D eigenvalue weighted by Crippen LogP contribution is -2.40. The van der Waals surface area contributed by atoms with E-state index in [1.54, 1.807) is 11.0 Å². The maximum Gasteiger partial charge on any atom is 0.247 e. The summed E-state index contributed by atoms with van der Waals surface area (Å²) in [6.45, 7) is 3.12. The van der Waals surface area contributed by atoms with Crippen molar-refractivity contribution in [3.63, 3.8) is 0 Å². The highest BCUT2D eigenvalue weighted by molar-refractivity contribution is 5.80. The molecule has 2 aromatic rings. The highest BCUT2D eigenvalue weighted by atomic mass is 16.2. The smallest absolute Gasteiger partial charge is 0.247 e. The number of benzene rings is 1. The van der Waals surface area contributed by atoms with E-state index >= 15 is 0 Å². The normalized spacial score (nSPS) is 15.8. The van der Waals surface area contributed by atoms with Crippen LogP contribution >= 0.6 is 0 Å². The molecule has 2 heterocycles. The summed E-state index contributed by atoms with van der Waals surface area (Å²) < 4.78 is 1.58. The van der Waals surface area contributed by atoms with Crippen molar-refractivity contribution in [1.82, 2.24) is 19.7 Å². The second kappa shape index (κ2) is 4.96. The van der Waals surface area contributed by atoms with Gasteiger partial charge in [0.15, 0.2) is 0 Å². The number of anilines is 1. The van der Waals surface area contributed by atoms with Crippen molar-refractivity contribution in [3.8, 4) is 0 Å². The molecule has 1 aromatic heterocycles. The predicted molar refractivity (Wildman–Crippen MR) is 74.7 cm³/mol. The summed E-state index contributed by atoms with van der Waals surface area (Å²) in [6, 6.07) is 5.58. The summed E-state index contributed by atoms with van der Waals surface area (Å²) in [7, 11) is 0. The van der Waals surface area contributed by atoms with Gasteiger partial charge in [0.25, 0.3) is 0 Å². The van der Waals surface area contributed by atoms with Crippen LogP contribution in [0.5, 0.6) is 0 Å². The van der Waals surface area contributed by atoms with Crippen LogP contribution in [0.15, 0.2) is 30.9 Å². The third-order valence-corrected chi connectivity index (χ3v) is 3.81. The van der Waals surface area contributed by atoms with Gasteiger partial charge in [0.1, 0.15) is 18.7 Å². The number of carbonyl (C=O) groups excluding carboxylic acids is 1. The average Bonchev–Trinajstić information content (AvgIpc) is 3.00. The number of hydrogen-bond acceptors (Lipinski definition) is 4. The van der Waals surface area contributed by atoms with E-state index in [1.165, 1.54) is 11.9 Å². The van der Waals surface area contributed by atoms with E-state index in [1.807, 2.05) is 24.0 Å². The minimum absolute atomic E-state index is 0.0457. The van der Waals surface area contributed by atoms with Gasteiger partial charge in [-0.15, -0.1) is 0 Å². The van der Waals surface area contributed by atoms with Crippen molar-refractivity contribution in [2.45, 2.75) is 25.9 Å². The van der Waals surface area contributed by atoms with Crippen LogP contribution in [0.4, 0.5) is 5.69 Å². The summed E-state index contributed by atoms with van der Waals surface area (Å²) in [4.78, 5) is 18.2. The molecule has 6 nitrogen and oxygen atoms in total. The SMILES string of the molecule is CC(C(=O)N1CCc2cccc(N)c2C1)n1cncn1. The van der Waals surface area contributed by atoms with Gasteiger partial charge >= 0.3 is 0 Å². The summed E-state index contributed by atoms with van der Waals surface area (Å²) in [6.07, 6.45) is 3.85. The second-order valence-corrected chi connectivity index (χ2v) is 5.05. The molecule has 0 spiro atoms. The molecule has 1 unspecified atom stereocenters. The maximum absolute atomic E-state index is 12.5. The highest BCUT2D eigenvalue weighted by Gasteiger charge is 2.26. The molecule has 0 bridgehead atoms. The van der Waals surface area contributed by atoms with Crippen LogP contribution in [-0.4, -0.2) is 32.1 Å². The largest absolute Gasteiger partial charge is 0.398 e. The van der Waals surface area contributed by atoms with Gasteiger partial charge in [0, 0.05) is 18.8 Å². The Morgan fingerprint density at radius 1 is 1.45 bits per heavy atom. The Hall–Kier alpha value is -2.37. The van der Waals surface area contributed by atoms with Gasteiger partial charge in [0.05, 0.1) is 0 Å². The number of nitrogens with two attached hydrogens (primary N) is 1. The molecular formula is C14H17N5O. The molecule has 104 valence electrons. The Balaban J connectivity index is 1.80. The van der Waals surface area contributed by atoms with E-state index in [9.17, 15) is 4.79 Å². The van der Waals surface area contributed by atoms with Crippen LogP contribution < -0.4 is 5.73 Å². The van der Waals surface area contributed by atoms with Gasteiger partial charge in [-0.05, 0) is 30.5 Å². The molecule has 1 aliphatic heterocycles. The zero-order valence-corrected chi connectivity index (χ0v) is 11.4. The fourth-order valence-corrected chi connectivity index (χ4v) is 2.59. The molecule has 0 radical (unpaired) electrons. The first kappa shape index (κ1) is 12.7. The van der Waals surface area contributed by atoms with Crippen molar-refractivity contribution in [2.24, 2.45) is 0 Å². The van der Waals surface area contributed by atoms with Crippen LogP contribution in [-0.2, 0) is 17.8 Å². The predicted octanol–water partition coefficient (Wildman–Crippen LogP) is 1.01. The molecule has 0 fully saturated rings. The number of nitrogen functional groups attached to an aromatic ring is 1. The van der Waals surface area contributed by atoms with E-state index in [-0.39, 0.29) is 11.9 Å². The molecule has 3 rings (SSSR count). The van der Waals surface area contributed by atoms with E-state index in [0.29, 0.717) is 13.1 Å². The summed E-state index contributed by atoms with van der Waals surface area (Å²) in [5.41, 5.74) is 9.07. The topological polar surface area (TPSA) is 77.0 Å². The minimum atomic E-state index is -0.344. The Morgan fingerprint density at radius 2 is 2.30 bits per heavy atom. The maximum atomic E-state index is 12.5. The number of aromatic nitrogens is 3. The van der Waals surface area contributed by atoms with Crippen LogP contribution in [0.3, 0.4) is 0 Å². The molecule has 0 aliphatic carbocycles. The van der Waals surface area contributed by atoms with Crippen LogP contribution in [0.2, 0.25) is 0 Å². The van der Waals surface area contributed by atoms with Gasteiger partial charge < -0.3 is 10.6 Å². The number of rotatable bonds is 2. The molecule has 0 saturated heterocycles. The fraction of sp³-hybridized carbons (Fsp3) is 0.357. The van der Waals surface area contributed by atoms with Crippen LogP contribution in [0, 0.1) is 0 Å². The molecule has 1 aliphatic rings. The van der Waals surface area contributed by atoms with Gasteiger partial charge in [-0.1, -0.05) is 12.1 Å². The number of fused-ring (bicyclic) bond motifs is 1. The third-order valence-electron chi connectivity index (χ3n) is 3.81. The lowest BCUT2D eigenvalue weighted by molar-refractivity contribution is -0.135. The Bertz CT molecular complexity index is 622. The molecule has 0 saturated carbocycles. The van der Waals surface area contributed by atoms with Crippen molar-refractivity contribution in [2.75, 3.05) is 12.3 Å². The van der Waals surface area contributed by atoms with Crippen molar-refractivity contribution >= 4 is 11.6 Å². The van der Waals surface area contributed by atoms with E-state index in [0.717, 1.165) is 17.7 Å². The number of carbonyl (C=O) groups is 1. The van der Waals surface area contributed by atoms with Gasteiger partial charge in [-0.2, -0.15) is 5.10 Å². The zero-order valence-electron chi connectivity index (χ0n) is 11.4. The first-order chi connectivity index (χ1) is 9.66. The fourth-order valence-electron chi connectivity index (χ4n) is 2.59. The number of hydrogen-bond donors (Lipinski definition) is 1. The van der Waals surface area contributed by atoms with Crippen LogP contribution in [0.1, 0.15) is 24.1 Å². The first-order valence-electron chi connectivity index (χ1n) is 6.66. The molecule has 20 heavy (non-hydrogen) atoms. The van der Waals surface area contributed by atoms with E-state index < -0.39 is 0 Å². The molecule has 1 atom stereocenters. The highest BCUT2D eigenvalue weighted by Crippen LogP contribution is 2.25. The van der Waals surface area contributed by atoms with Crippen molar-refractivity contribution in [1.29, 1.82) is 0 Å². The number of nitrogens with zero attached hydrogens (tertiary/aromatic N) is 4. The molecule has 6 heteroatoms. The summed E-state index contributed by atoms with van der Waals surface area (Å²) in [5, 5.41) is 4.03. The Morgan fingerprint density at radius 3 is 3.05 bits per heavy atom. The Kier molecular flexibility index (Phi) is 3.14. The molecule has 2 N–H and O–H groups in total. The molecule has 1 aromatic carbocycles. The molecule has 1 amide bonds. The number of amides is 1. The van der Waals surface area contributed by atoms with Crippen molar-refractivity contribution in [3.05, 3.63) is 42.0 Å². The van der Waals surface area contributed by atoms with E-state index in [2.05, 4.69) is 16.1 Å².